The van der Waals surface area contributed by atoms with Crippen molar-refractivity contribution in [3.63, 3.8) is 0 Å². The molecule has 6 rings (SSSR count). The Morgan fingerprint density at radius 3 is 2.45 bits per heavy atom. The van der Waals surface area contributed by atoms with E-state index in [4.69, 9.17) is 10.5 Å². The highest BCUT2D eigenvalue weighted by atomic mass is 16.5. The van der Waals surface area contributed by atoms with Gasteiger partial charge in [-0.2, -0.15) is 0 Å². The monoisotopic (exact) mass is 529 g/mol. The molecule has 3 aromatic heterocycles. The van der Waals surface area contributed by atoms with Crippen LogP contribution in [0.3, 0.4) is 0 Å². The van der Waals surface area contributed by atoms with Crippen molar-refractivity contribution in [3.05, 3.63) is 97.6 Å². The maximum absolute atomic E-state index is 12.8. The number of nitrogens with zero attached hydrogens (tertiary/aromatic N) is 6. The van der Waals surface area contributed by atoms with Crippen LogP contribution in [0.4, 0.5) is 11.5 Å². The predicted molar refractivity (Wildman–Crippen MR) is 156 cm³/mol. The Bertz CT molecular complexity index is 1790. The molecule has 1 saturated heterocycles. The Kier molecular flexibility index (Phi) is 6.11. The lowest BCUT2D eigenvalue weighted by molar-refractivity contribution is -0.114. The van der Waals surface area contributed by atoms with E-state index in [0.29, 0.717) is 29.2 Å². The van der Waals surface area contributed by atoms with Crippen molar-refractivity contribution in [2.75, 3.05) is 10.6 Å². The molecule has 0 spiro atoms. The van der Waals surface area contributed by atoms with Gasteiger partial charge in [-0.05, 0) is 48.4 Å². The standard InChI is InChI=1S/C31H27N7O2/c1-5-22-16-18(2)30(39)38(22)23-10-6-21(7-11-23)27-25(26-28(32)34-17-35-29(26)37(27)4)20-8-12-24(13-9-20)40-31-33-15-14-19(3)36-31/h5-15,17,22H,1-2,16H2,3-4H3,(H2,32,34,35)/t22-/m1/s1. The number of nitrogen functional groups attached to an aromatic ring is 1. The number of anilines is 2. The quantitative estimate of drug-likeness (QED) is 0.224. The SMILES string of the molecule is C=C[C@@H]1CC(=C)C(=O)N1c1ccc(-c2c(-c3ccc(Oc4nccc(C)n4)cc3)c3c(N)ncnc3n2C)cc1. The highest BCUT2D eigenvalue weighted by Gasteiger charge is 2.33. The van der Waals surface area contributed by atoms with Gasteiger partial charge in [-0.3, -0.25) is 4.79 Å². The molecular formula is C31H27N7O2. The molecule has 1 fully saturated rings. The van der Waals surface area contributed by atoms with Gasteiger partial charge in [0.1, 0.15) is 23.5 Å². The molecule has 4 heterocycles. The number of amides is 1. The number of aromatic nitrogens is 5. The van der Waals surface area contributed by atoms with Crippen LogP contribution in [0.5, 0.6) is 11.8 Å². The normalized spacial score (nSPS) is 15.2. The van der Waals surface area contributed by atoms with Gasteiger partial charge in [0.15, 0.2) is 0 Å². The smallest absolute Gasteiger partial charge is 0.322 e. The first-order chi connectivity index (χ1) is 19.4. The van der Waals surface area contributed by atoms with Gasteiger partial charge < -0.3 is 19.9 Å². The third-order valence-corrected chi connectivity index (χ3v) is 7.12. The number of aryl methyl sites for hydroxylation is 2. The maximum atomic E-state index is 12.8. The van der Waals surface area contributed by atoms with Crippen molar-refractivity contribution in [2.24, 2.45) is 7.05 Å². The van der Waals surface area contributed by atoms with E-state index < -0.39 is 0 Å². The average molecular weight is 530 g/mol. The molecular weight excluding hydrogens is 502 g/mol. The zero-order valence-electron chi connectivity index (χ0n) is 22.2. The molecule has 40 heavy (non-hydrogen) atoms. The predicted octanol–water partition coefficient (Wildman–Crippen LogP) is 5.62. The van der Waals surface area contributed by atoms with Crippen molar-refractivity contribution >= 4 is 28.4 Å². The number of hydrogen-bond acceptors (Lipinski definition) is 7. The fraction of sp³-hybridized carbons (Fsp3) is 0.129. The Balaban J connectivity index is 1.43. The summed E-state index contributed by atoms with van der Waals surface area (Å²) in [6.07, 6.45) is 5.49. The number of fused-ring (bicyclic) bond motifs is 1. The second-order valence-electron chi connectivity index (χ2n) is 9.68. The summed E-state index contributed by atoms with van der Waals surface area (Å²) in [6.45, 7) is 9.70. The first kappa shape index (κ1) is 25.0. The van der Waals surface area contributed by atoms with Crippen molar-refractivity contribution in [3.8, 4) is 34.1 Å². The van der Waals surface area contributed by atoms with Gasteiger partial charge in [-0.25, -0.2) is 19.9 Å². The number of ether oxygens (including phenoxy) is 1. The minimum atomic E-state index is -0.111. The lowest BCUT2D eigenvalue weighted by atomic mass is 9.98. The Labute approximate surface area is 231 Å². The molecule has 198 valence electrons. The van der Waals surface area contributed by atoms with Crippen LogP contribution >= 0.6 is 0 Å². The number of nitrogens with two attached hydrogens (primary N) is 1. The zero-order valence-corrected chi connectivity index (χ0v) is 22.2. The first-order valence-electron chi connectivity index (χ1n) is 12.8. The number of rotatable bonds is 6. The summed E-state index contributed by atoms with van der Waals surface area (Å²) >= 11 is 0. The molecule has 0 radical (unpaired) electrons. The second-order valence-corrected chi connectivity index (χ2v) is 9.68. The molecule has 1 aliphatic rings. The molecule has 1 atom stereocenters. The molecule has 0 bridgehead atoms. The molecule has 9 heteroatoms. The van der Waals surface area contributed by atoms with Gasteiger partial charge in [0.2, 0.25) is 0 Å². The van der Waals surface area contributed by atoms with Crippen LogP contribution in [0.15, 0.2) is 91.9 Å². The second kappa shape index (κ2) is 9.77. The lowest BCUT2D eigenvalue weighted by Crippen LogP contribution is -2.31. The van der Waals surface area contributed by atoms with E-state index in [1.807, 2.05) is 73.1 Å². The Morgan fingerprint density at radius 1 is 1.02 bits per heavy atom. The van der Waals surface area contributed by atoms with E-state index in [1.54, 1.807) is 17.2 Å². The average Bonchev–Trinajstić information content (AvgIpc) is 3.42. The molecule has 0 unspecified atom stereocenters. The van der Waals surface area contributed by atoms with E-state index in [9.17, 15) is 4.79 Å². The minimum absolute atomic E-state index is 0.0793. The van der Waals surface area contributed by atoms with Gasteiger partial charge in [-0.15, -0.1) is 6.58 Å². The van der Waals surface area contributed by atoms with Gasteiger partial charge in [0.25, 0.3) is 5.91 Å². The summed E-state index contributed by atoms with van der Waals surface area (Å²) in [5.74, 6) is 0.921. The van der Waals surface area contributed by atoms with Crippen molar-refractivity contribution < 1.29 is 9.53 Å². The number of carbonyl (C=O) groups excluding carboxylic acids is 1. The van der Waals surface area contributed by atoms with Crippen LogP contribution in [-0.4, -0.2) is 36.5 Å². The van der Waals surface area contributed by atoms with Crippen molar-refractivity contribution in [1.82, 2.24) is 24.5 Å². The Hall–Kier alpha value is -5.31. The van der Waals surface area contributed by atoms with Crippen LogP contribution in [0, 0.1) is 6.92 Å². The van der Waals surface area contributed by atoms with E-state index in [2.05, 4.69) is 33.1 Å². The largest absolute Gasteiger partial charge is 0.424 e. The van der Waals surface area contributed by atoms with Crippen LogP contribution in [0.2, 0.25) is 0 Å². The molecule has 2 aromatic carbocycles. The summed E-state index contributed by atoms with van der Waals surface area (Å²) in [4.78, 5) is 31.8. The molecule has 0 saturated carbocycles. The minimum Gasteiger partial charge on any atom is -0.424 e. The molecule has 1 amide bonds. The van der Waals surface area contributed by atoms with E-state index >= 15 is 0 Å². The molecule has 9 nitrogen and oxygen atoms in total. The summed E-state index contributed by atoms with van der Waals surface area (Å²) in [7, 11) is 1.95. The van der Waals surface area contributed by atoms with Crippen LogP contribution in [-0.2, 0) is 11.8 Å². The number of hydrogen-bond donors (Lipinski definition) is 1. The van der Waals surface area contributed by atoms with Gasteiger partial charge >= 0.3 is 6.01 Å². The summed E-state index contributed by atoms with van der Waals surface area (Å²) in [5, 5.41) is 0.762. The fourth-order valence-corrected chi connectivity index (χ4v) is 5.19. The van der Waals surface area contributed by atoms with Gasteiger partial charge in [-0.1, -0.05) is 36.9 Å². The van der Waals surface area contributed by atoms with Crippen LogP contribution in [0.25, 0.3) is 33.4 Å². The highest BCUT2D eigenvalue weighted by molar-refractivity contribution is 6.10. The van der Waals surface area contributed by atoms with E-state index in [-0.39, 0.29) is 18.0 Å². The number of benzene rings is 2. The lowest BCUT2D eigenvalue weighted by Gasteiger charge is -2.22. The Morgan fingerprint density at radius 2 is 1.75 bits per heavy atom. The van der Waals surface area contributed by atoms with E-state index in [0.717, 1.165) is 39.2 Å². The maximum Gasteiger partial charge on any atom is 0.322 e. The summed E-state index contributed by atoms with van der Waals surface area (Å²) in [6, 6.07) is 17.5. The molecule has 0 aliphatic carbocycles. The fourth-order valence-electron chi connectivity index (χ4n) is 5.19. The molecule has 2 N–H and O–H groups in total. The van der Waals surface area contributed by atoms with Gasteiger partial charge in [0.05, 0.1) is 17.1 Å². The topological polar surface area (TPSA) is 112 Å². The van der Waals surface area contributed by atoms with E-state index in [1.165, 1.54) is 6.33 Å². The number of carbonyl (C=O) groups is 1. The third kappa shape index (κ3) is 4.17. The summed E-state index contributed by atoms with van der Waals surface area (Å²) < 4.78 is 7.87. The molecule has 5 aromatic rings. The van der Waals surface area contributed by atoms with Crippen molar-refractivity contribution in [1.29, 1.82) is 0 Å². The van der Waals surface area contributed by atoms with Gasteiger partial charge in [0, 0.05) is 42.2 Å². The van der Waals surface area contributed by atoms with Crippen LogP contribution in [0.1, 0.15) is 12.1 Å². The molecule has 1 aliphatic heterocycles. The zero-order chi connectivity index (χ0) is 28.0. The van der Waals surface area contributed by atoms with Crippen LogP contribution < -0.4 is 15.4 Å². The highest BCUT2D eigenvalue weighted by Crippen LogP contribution is 2.42. The summed E-state index contributed by atoms with van der Waals surface area (Å²) in [5.41, 5.74) is 13.0. The third-order valence-electron chi connectivity index (χ3n) is 7.12. The first-order valence-corrected chi connectivity index (χ1v) is 12.8. The van der Waals surface area contributed by atoms with Crippen molar-refractivity contribution in [2.45, 2.75) is 19.4 Å².